The number of carboxylic acids is 1. The van der Waals surface area contributed by atoms with Gasteiger partial charge in [0.15, 0.2) is 0 Å². The zero-order valence-electron chi connectivity index (χ0n) is 8.89. The lowest BCUT2D eigenvalue weighted by Gasteiger charge is -2.05. The molecule has 2 N–H and O–H groups in total. The van der Waals surface area contributed by atoms with Crippen LogP contribution < -0.4 is 11.2 Å². The van der Waals surface area contributed by atoms with Crippen molar-refractivity contribution >= 4 is 17.7 Å². The number of carboxylic acid groups (broad SMARTS) is 1. The van der Waals surface area contributed by atoms with Crippen molar-refractivity contribution in [3.63, 3.8) is 0 Å². The normalized spacial score (nSPS) is 10.7. The van der Waals surface area contributed by atoms with E-state index in [1.165, 1.54) is 17.8 Å². The molecule has 0 radical (unpaired) electrons. The molecule has 6 nitrogen and oxygen atoms in total. The number of nitrogens with one attached hydrogen (secondary N) is 1. The maximum absolute atomic E-state index is 11.4. The fourth-order valence-corrected chi connectivity index (χ4v) is 1.92. The summed E-state index contributed by atoms with van der Waals surface area (Å²) < 4.78 is 0.646. The van der Waals surface area contributed by atoms with Gasteiger partial charge in [-0.05, 0) is 0 Å². The third-order valence-electron chi connectivity index (χ3n) is 1.65. The molecule has 0 aliphatic rings. The van der Waals surface area contributed by atoms with Crippen molar-refractivity contribution in [2.45, 2.75) is 30.7 Å². The quantitative estimate of drug-likeness (QED) is 0.580. The molecule has 0 fully saturated rings. The minimum Gasteiger partial charge on any atom is -0.480 e. The number of hydrogen-bond donors (Lipinski definition) is 2. The van der Waals surface area contributed by atoms with Crippen LogP contribution >= 0.6 is 11.8 Å². The highest BCUT2D eigenvalue weighted by Gasteiger charge is 2.08. The van der Waals surface area contributed by atoms with Gasteiger partial charge in [-0.2, -0.15) is 0 Å². The van der Waals surface area contributed by atoms with Gasteiger partial charge in [-0.15, -0.1) is 11.8 Å². The molecule has 0 bridgehead atoms. The van der Waals surface area contributed by atoms with E-state index in [0.29, 0.717) is 9.59 Å². The number of nitrogens with zero attached hydrogens (tertiary/aromatic N) is 1. The zero-order chi connectivity index (χ0) is 12.3. The average Bonchev–Trinajstić information content (AvgIpc) is 2.10. The van der Waals surface area contributed by atoms with Gasteiger partial charge in [0.1, 0.15) is 6.54 Å². The van der Waals surface area contributed by atoms with Gasteiger partial charge >= 0.3 is 11.7 Å². The summed E-state index contributed by atoms with van der Waals surface area (Å²) in [6.07, 6.45) is 0. The van der Waals surface area contributed by atoms with Crippen LogP contribution in [0.2, 0.25) is 0 Å². The second-order valence-corrected chi connectivity index (χ2v) is 5.04. The van der Waals surface area contributed by atoms with Crippen molar-refractivity contribution in [1.29, 1.82) is 0 Å². The predicted octanol–water partition coefficient (Wildman–Crippen LogP) is 0.122. The lowest BCUT2D eigenvalue weighted by atomic mass is 10.5. The van der Waals surface area contributed by atoms with Crippen LogP contribution in [0.25, 0.3) is 0 Å². The summed E-state index contributed by atoms with van der Waals surface area (Å²) in [7, 11) is 0. The summed E-state index contributed by atoms with van der Waals surface area (Å²) >= 11 is 1.34. The van der Waals surface area contributed by atoms with E-state index in [1.54, 1.807) is 0 Å². The molecule has 0 aromatic carbocycles. The zero-order valence-corrected chi connectivity index (χ0v) is 9.71. The molecule has 0 aliphatic heterocycles. The van der Waals surface area contributed by atoms with Gasteiger partial charge in [-0.1, -0.05) is 13.8 Å². The molecule has 0 saturated carbocycles. The molecule has 0 aliphatic carbocycles. The van der Waals surface area contributed by atoms with Crippen molar-refractivity contribution in [2.75, 3.05) is 0 Å². The van der Waals surface area contributed by atoms with Crippen LogP contribution in [-0.2, 0) is 11.3 Å². The van der Waals surface area contributed by atoms with E-state index in [-0.39, 0.29) is 5.25 Å². The van der Waals surface area contributed by atoms with Crippen LogP contribution in [-0.4, -0.2) is 25.9 Å². The number of aromatic amines is 1. The SMILES string of the molecule is CC(C)Sc1cc(=O)n(CC(=O)O)c(=O)[nH]1. The first kappa shape index (κ1) is 12.6. The van der Waals surface area contributed by atoms with Gasteiger partial charge < -0.3 is 10.1 Å². The molecule has 1 aromatic rings. The van der Waals surface area contributed by atoms with Crippen LogP contribution in [0.15, 0.2) is 20.7 Å². The minimum atomic E-state index is -1.23. The molecule has 0 spiro atoms. The van der Waals surface area contributed by atoms with E-state index in [0.717, 1.165) is 0 Å². The van der Waals surface area contributed by atoms with E-state index in [2.05, 4.69) is 4.98 Å². The number of carbonyl (C=O) groups is 1. The number of thioether (sulfide) groups is 1. The Morgan fingerprint density at radius 3 is 2.62 bits per heavy atom. The summed E-state index contributed by atoms with van der Waals surface area (Å²) in [6, 6.07) is 1.23. The van der Waals surface area contributed by atoms with Gasteiger partial charge in [0.25, 0.3) is 5.56 Å². The Balaban J connectivity index is 3.13. The average molecular weight is 244 g/mol. The molecule has 0 saturated heterocycles. The second kappa shape index (κ2) is 5.02. The monoisotopic (exact) mass is 244 g/mol. The third-order valence-corrected chi connectivity index (χ3v) is 2.60. The molecule has 7 heteroatoms. The first-order valence-electron chi connectivity index (χ1n) is 4.62. The predicted molar refractivity (Wildman–Crippen MR) is 60.0 cm³/mol. The van der Waals surface area contributed by atoms with Crippen LogP contribution in [0.5, 0.6) is 0 Å². The lowest BCUT2D eigenvalue weighted by Crippen LogP contribution is -2.37. The molecule has 1 rings (SSSR count). The van der Waals surface area contributed by atoms with Crippen molar-refractivity contribution in [3.8, 4) is 0 Å². The maximum atomic E-state index is 11.4. The Bertz CT molecular complexity index is 472. The molecule has 1 aromatic heterocycles. The van der Waals surface area contributed by atoms with E-state index >= 15 is 0 Å². The number of rotatable bonds is 4. The first-order chi connectivity index (χ1) is 7.40. The number of hydrogen-bond acceptors (Lipinski definition) is 4. The van der Waals surface area contributed by atoms with Gasteiger partial charge in [0.2, 0.25) is 0 Å². The first-order valence-corrected chi connectivity index (χ1v) is 5.50. The van der Waals surface area contributed by atoms with Crippen molar-refractivity contribution in [1.82, 2.24) is 9.55 Å². The summed E-state index contributed by atoms with van der Waals surface area (Å²) in [4.78, 5) is 35.7. The fourth-order valence-electron chi connectivity index (χ4n) is 1.10. The molecule has 0 atom stereocenters. The smallest absolute Gasteiger partial charge is 0.329 e. The Hall–Kier alpha value is -1.50. The highest BCUT2D eigenvalue weighted by atomic mass is 32.2. The summed E-state index contributed by atoms with van der Waals surface area (Å²) in [5.74, 6) is -1.23. The largest absolute Gasteiger partial charge is 0.480 e. The molecular formula is C9H12N2O4S. The van der Waals surface area contributed by atoms with Crippen molar-refractivity contribution in [2.24, 2.45) is 0 Å². The summed E-state index contributed by atoms with van der Waals surface area (Å²) in [5, 5.41) is 9.19. The van der Waals surface area contributed by atoms with Gasteiger partial charge in [-0.3, -0.25) is 9.59 Å². The van der Waals surface area contributed by atoms with Gasteiger partial charge in [0, 0.05) is 11.3 Å². The van der Waals surface area contributed by atoms with Crippen molar-refractivity contribution < 1.29 is 9.90 Å². The highest BCUT2D eigenvalue weighted by molar-refractivity contribution is 7.99. The van der Waals surface area contributed by atoms with E-state index < -0.39 is 23.8 Å². The Kier molecular flexibility index (Phi) is 3.94. The number of H-pyrrole nitrogens is 1. The maximum Gasteiger partial charge on any atom is 0.329 e. The number of aromatic nitrogens is 2. The van der Waals surface area contributed by atoms with Crippen LogP contribution in [0.3, 0.4) is 0 Å². The summed E-state index contributed by atoms with van der Waals surface area (Å²) in [5.41, 5.74) is -1.30. The fraction of sp³-hybridized carbons (Fsp3) is 0.444. The Morgan fingerprint density at radius 1 is 1.56 bits per heavy atom. The molecular weight excluding hydrogens is 232 g/mol. The molecule has 1 heterocycles. The van der Waals surface area contributed by atoms with E-state index in [1.807, 2.05) is 13.8 Å². The number of aliphatic carboxylic acids is 1. The van der Waals surface area contributed by atoms with Crippen LogP contribution in [0.1, 0.15) is 13.8 Å². The Labute approximate surface area is 95.3 Å². The third kappa shape index (κ3) is 3.27. The van der Waals surface area contributed by atoms with E-state index in [9.17, 15) is 14.4 Å². The minimum absolute atomic E-state index is 0.227. The highest BCUT2D eigenvalue weighted by Crippen LogP contribution is 2.17. The van der Waals surface area contributed by atoms with Gasteiger partial charge in [0.05, 0.1) is 5.03 Å². The molecule has 16 heavy (non-hydrogen) atoms. The second-order valence-electron chi connectivity index (χ2n) is 3.42. The molecule has 0 unspecified atom stereocenters. The molecule has 0 amide bonds. The Morgan fingerprint density at radius 2 is 2.19 bits per heavy atom. The summed E-state index contributed by atoms with van der Waals surface area (Å²) in [6.45, 7) is 3.22. The van der Waals surface area contributed by atoms with Crippen LogP contribution in [0.4, 0.5) is 0 Å². The van der Waals surface area contributed by atoms with Crippen LogP contribution in [0, 0.1) is 0 Å². The van der Waals surface area contributed by atoms with E-state index in [4.69, 9.17) is 5.11 Å². The molecule has 88 valence electrons. The van der Waals surface area contributed by atoms with Crippen molar-refractivity contribution in [3.05, 3.63) is 26.9 Å². The standard InChI is InChI=1S/C9H12N2O4S/c1-5(2)16-6-3-7(12)11(4-8(13)14)9(15)10-6/h3,5H,4H2,1-2H3,(H,10,15)(H,13,14). The van der Waals surface area contributed by atoms with Gasteiger partial charge in [-0.25, -0.2) is 9.36 Å². The lowest BCUT2D eigenvalue weighted by molar-refractivity contribution is -0.137. The topological polar surface area (TPSA) is 92.2 Å².